The Bertz CT molecular complexity index is 371. The van der Waals surface area contributed by atoms with Gasteiger partial charge in [0, 0.05) is 31.8 Å². The second-order valence-electron chi connectivity index (χ2n) is 4.95. The predicted octanol–water partition coefficient (Wildman–Crippen LogP) is 2.27. The van der Waals surface area contributed by atoms with E-state index in [0.717, 1.165) is 37.4 Å². The molecule has 1 aromatic rings. The molecule has 0 aliphatic rings. The average molecular weight is 280 g/mol. The van der Waals surface area contributed by atoms with Gasteiger partial charge in [-0.05, 0) is 26.0 Å². The van der Waals surface area contributed by atoms with Crippen molar-refractivity contribution in [3.8, 4) is 5.75 Å². The number of nitrogens with two attached hydrogens (primary N) is 1. The van der Waals surface area contributed by atoms with Crippen LogP contribution in [0.2, 0.25) is 0 Å². The van der Waals surface area contributed by atoms with Gasteiger partial charge in [-0.15, -0.1) is 0 Å². The Kier molecular flexibility index (Phi) is 8.26. The highest BCUT2D eigenvalue weighted by Crippen LogP contribution is 2.17. The van der Waals surface area contributed by atoms with Crippen molar-refractivity contribution in [1.82, 2.24) is 4.90 Å². The topological polar surface area (TPSA) is 47.7 Å². The molecule has 114 valence electrons. The molecule has 0 spiro atoms. The summed E-state index contributed by atoms with van der Waals surface area (Å²) in [6.45, 7) is 8.42. The van der Waals surface area contributed by atoms with E-state index in [-0.39, 0.29) is 0 Å². The first-order valence-corrected chi connectivity index (χ1v) is 7.36. The number of benzene rings is 1. The lowest BCUT2D eigenvalue weighted by molar-refractivity contribution is 0.0985. The number of para-hydroxylation sites is 1. The minimum absolute atomic E-state index is 0.446. The fraction of sp³-hybridized carbons (Fsp3) is 0.625. The third-order valence-electron chi connectivity index (χ3n) is 3.48. The van der Waals surface area contributed by atoms with Crippen molar-refractivity contribution < 1.29 is 9.47 Å². The van der Waals surface area contributed by atoms with Crippen LogP contribution in [0.3, 0.4) is 0 Å². The van der Waals surface area contributed by atoms with Gasteiger partial charge in [0.1, 0.15) is 5.75 Å². The molecular formula is C16H28N2O2. The van der Waals surface area contributed by atoms with Crippen LogP contribution in [0.4, 0.5) is 0 Å². The molecule has 1 unspecified atom stereocenters. The molecule has 0 amide bonds. The molecule has 1 rings (SSSR count). The Hall–Kier alpha value is -1.10. The van der Waals surface area contributed by atoms with Gasteiger partial charge in [0.05, 0.1) is 13.2 Å². The summed E-state index contributed by atoms with van der Waals surface area (Å²) in [5, 5.41) is 0. The van der Waals surface area contributed by atoms with Crippen molar-refractivity contribution in [1.29, 1.82) is 0 Å². The Morgan fingerprint density at radius 2 is 2.05 bits per heavy atom. The van der Waals surface area contributed by atoms with Gasteiger partial charge < -0.3 is 15.2 Å². The molecular weight excluding hydrogens is 252 g/mol. The summed E-state index contributed by atoms with van der Waals surface area (Å²) in [6, 6.07) is 8.40. The van der Waals surface area contributed by atoms with E-state index in [9.17, 15) is 0 Å². The Labute approximate surface area is 122 Å². The van der Waals surface area contributed by atoms with Crippen molar-refractivity contribution in [3.63, 3.8) is 0 Å². The zero-order valence-electron chi connectivity index (χ0n) is 13.0. The van der Waals surface area contributed by atoms with E-state index in [4.69, 9.17) is 15.2 Å². The van der Waals surface area contributed by atoms with E-state index >= 15 is 0 Å². The van der Waals surface area contributed by atoms with E-state index in [1.165, 1.54) is 0 Å². The van der Waals surface area contributed by atoms with Gasteiger partial charge in [0.2, 0.25) is 0 Å². The summed E-state index contributed by atoms with van der Waals surface area (Å²) < 4.78 is 11.0. The van der Waals surface area contributed by atoms with Gasteiger partial charge >= 0.3 is 0 Å². The third-order valence-corrected chi connectivity index (χ3v) is 3.48. The van der Waals surface area contributed by atoms with Crippen LogP contribution in [-0.4, -0.2) is 44.4 Å². The van der Waals surface area contributed by atoms with Gasteiger partial charge in [-0.1, -0.05) is 25.1 Å². The van der Waals surface area contributed by atoms with Crippen LogP contribution in [-0.2, 0) is 11.3 Å². The zero-order valence-corrected chi connectivity index (χ0v) is 13.0. The third kappa shape index (κ3) is 5.49. The van der Waals surface area contributed by atoms with Crippen molar-refractivity contribution >= 4 is 0 Å². The molecule has 0 heterocycles. The Morgan fingerprint density at radius 3 is 2.70 bits per heavy atom. The molecule has 0 aliphatic carbocycles. The van der Waals surface area contributed by atoms with Gasteiger partial charge in [0.25, 0.3) is 0 Å². The number of hydrogen-bond acceptors (Lipinski definition) is 4. The van der Waals surface area contributed by atoms with E-state index in [1.54, 1.807) is 7.11 Å². The summed E-state index contributed by atoms with van der Waals surface area (Å²) in [5.41, 5.74) is 6.76. The lowest BCUT2D eigenvalue weighted by atomic mass is 10.2. The van der Waals surface area contributed by atoms with Crippen LogP contribution in [0.5, 0.6) is 5.75 Å². The fourth-order valence-corrected chi connectivity index (χ4v) is 2.30. The molecule has 4 heteroatoms. The van der Waals surface area contributed by atoms with Crippen molar-refractivity contribution in [2.24, 2.45) is 5.73 Å². The molecule has 0 aromatic heterocycles. The standard InChI is InChI=1S/C16H28N2O2/c1-4-18(14(2)13-19-3)10-7-11-20-16-9-6-5-8-15(16)12-17/h5-6,8-9,14H,4,7,10-13,17H2,1-3H3. The molecule has 2 N–H and O–H groups in total. The highest BCUT2D eigenvalue weighted by atomic mass is 16.5. The van der Waals surface area contributed by atoms with Crippen LogP contribution < -0.4 is 10.5 Å². The van der Waals surface area contributed by atoms with Crippen LogP contribution in [0.1, 0.15) is 25.8 Å². The molecule has 0 saturated heterocycles. The highest BCUT2D eigenvalue weighted by Gasteiger charge is 2.11. The van der Waals surface area contributed by atoms with Crippen LogP contribution >= 0.6 is 0 Å². The summed E-state index contributed by atoms with van der Waals surface area (Å²) >= 11 is 0. The van der Waals surface area contributed by atoms with Gasteiger partial charge in [0.15, 0.2) is 0 Å². The Balaban J connectivity index is 2.33. The molecule has 0 aliphatic heterocycles. The second-order valence-corrected chi connectivity index (χ2v) is 4.95. The molecule has 1 atom stereocenters. The number of ether oxygens (including phenoxy) is 2. The first-order valence-electron chi connectivity index (χ1n) is 7.36. The monoisotopic (exact) mass is 280 g/mol. The zero-order chi connectivity index (χ0) is 14.8. The van der Waals surface area contributed by atoms with Gasteiger partial charge in [-0.2, -0.15) is 0 Å². The van der Waals surface area contributed by atoms with Crippen molar-refractivity contribution in [2.45, 2.75) is 32.9 Å². The summed E-state index contributed by atoms with van der Waals surface area (Å²) in [7, 11) is 1.75. The summed E-state index contributed by atoms with van der Waals surface area (Å²) in [4.78, 5) is 2.40. The lowest BCUT2D eigenvalue weighted by Gasteiger charge is -2.27. The molecule has 0 bridgehead atoms. The van der Waals surface area contributed by atoms with E-state index in [2.05, 4.69) is 18.7 Å². The van der Waals surface area contributed by atoms with Gasteiger partial charge in [-0.25, -0.2) is 0 Å². The van der Waals surface area contributed by atoms with Crippen molar-refractivity contribution in [2.75, 3.05) is 33.4 Å². The first kappa shape index (κ1) is 17.0. The Morgan fingerprint density at radius 1 is 1.30 bits per heavy atom. The second kappa shape index (κ2) is 9.75. The predicted molar refractivity (Wildman–Crippen MR) is 83.0 cm³/mol. The van der Waals surface area contributed by atoms with Crippen LogP contribution in [0.15, 0.2) is 24.3 Å². The summed E-state index contributed by atoms with van der Waals surface area (Å²) in [5.74, 6) is 0.906. The summed E-state index contributed by atoms with van der Waals surface area (Å²) in [6.07, 6.45) is 1.00. The maximum atomic E-state index is 5.82. The van der Waals surface area contributed by atoms with E-state index < -0.39 is 0 Å². The SMILES string of the molecule is CCN(CCCOc1ccccc1CN)C(C)COC. The van der Waals surface area contributed by atoms with Crippen molar-refractivity contribution in [3.05, 3.63) is 29.8 Å². The quantitative estimate of drug-likeness (QED) is 0.668. The maximum absolute atomic E-state index is 5.82. The molecule has 0 radical (unpaired) electrons. The molecule has 0 saturated carbocycles. The number of methoxy groups -OCH3 is 1. The highest BCUT2D eigenvalue weighted by molar-refractivity contribution is 5.32. The normalized spacial score (nSPS) is 12.7. The van der Waals surface area contributed by atoms with Gasteiger partial charge in [-0.3, -0.25) is 4.90 Å². The number of nitrogens with zero attached hydrogens (tertiary/aromatic N) is 1. The largest absolute Gasteiger partial charge is 0.493 e. The number of rotatable bonds is 10. The first-order chi connectivity index (χ1) is 9.72. The molecule has 20 heavy (non-hydrogen) atoms. The lowest BCUT2D eigenvalue weighted by Crippen LogP contribution is -2.37. The minimum Gasteiger partial charge on any atom is -0.493 e. The molecule has 1 aromatic carbocycles. The minimum atomic E-state index is 0.446. The fourth-order valence-electron chi connectivity index (χ4n) is 2.30. The number of likely N-dealkylation sites (N-methyl/N-ethyl adjacent to an activating group) is 1. The van der Waals surface area contributed by atoms with E-state index in [0.29, 0.717) is 19.2 Å². The maximum Gasteiger partial charge on any atom is 0.123 e. The van der Waals surface area contributed by atoms with E-state index in [1.807, 2.05) is 24.3 Å². The molecule has 4 nitrogen and oxygen atoms in total. The van der Waals surface area contributed by atoms with Crippen LogP contribution in [0.25, 0.3) is 0 Å². The average Bonchev–Trinajstić information content (AvgIpc) is 2.48. The molecule has 0 fully saturated rings. The number of hydrogen-bond donors (Lipinski definition) is 1. The smallest absolute Gasteiger partial charge is 0.123 e. The van der Waals surface area contributed by atoms with Crippen LogP contribution in [0, 0.1) is 0 Å².